The second-order valence-corrected chi connectivity index (χ2v) is 11.5. The molecule has 4 rings (SSSR count). The van der Waals surface area contributed by atoms with Crippen molar-refractivity contribution in [3.63, 3.8) is 0 Å². The van der Waals surface area contributed by atoms with Crippen molar-refractivity contribution >= 4 is 39.1 Å². The number of nitrogens with zero attached hydrogens (tertiary/aromatic N) is 1. The zero-order valence-electron chi connectivity index (χ0n) is 22.0. The van der Waals surface area contributed by atoms with Crippen LogP contribution in [0.4, 0.5) is 11.4 Å². The third-order valence-electron chi connectivity index (χ3n) is 5.74. The molecule has 202 valence electrons. The van der Waals surface area contributed by atoms with E-state index >= 15 is 0 Å². The average Bonchev–Trinajstić information content (AvgIpc) is 2.94. The minimum absolute atomic E-state index is 0.0216. The number of anilines is 2. The average molecular weight is 563 g/mol. The monoisotopic (exact) mass is 562 g/mol. The molecule has 0 saturated heterocycles. The summed E-state index contributed by atoms with van der Waals surface area (Å²) in [4.78, 5) is 15.2. The molecule has 0 heterocycles. The molecular formula is C30H30N2O5S2. The third-order valence-corrected chi connectivity index (χ3v) is 8.62. The first-order valence-electron chi connectivity index (χ1n) is 12.3. The van der Waals surface area contributed by atoms with Crippen molar-refractivity contribution in [2.45, 2.75) is 28.5 Å². The molecule has 1 N–H and O–H groups in total. The van der Waals surface area contributed by atoms with E-state index in [1.165, 1.54) is 18.9 Å². The molecule has 0 unspecified atom stereocenters. The first-order chi connectivity index (χ1) is 18.8. The number of hydrogen-bond donors (Lipinski definition) is 1. The van der Waals surface area contributed by atoms with E-state index in [0.29, 0.717) is 23.7 Å². The molecule has 0 aliphatic heterocycles. The summed E-state index contributed by atoms with van der Waals surface area (Å²) >= 11 is 1.51. The zero-order valence-corrected chi connectivity index (χ0v) is 23.6. The summed E-state index contributed by atoms with van der Waals surface area (Å²) in [5, 5.41) is 2.90. The number of carbonyl (C=O) groups is 1. The molecule has 9 heteroatoms. The Morgan fingerprint density at radius 2 is 1.62 bits per heavy atom. The molecule has 39 heavy (non-hydrogen) atoms. The van der Waals surface area contributed by atoms with Gasteiger partial charge in [0, 0.05) is 9.79 Å². The van der Waals surface area contributed by atoms with Crippen molar-refractivity contribution in [2.75, 3.05) is 29.9 Å². The summed E-state index contributed by atoms with van der Waals surface area (Å²) in [6.45, 7) is 3.70. The number of carbonyl (C=O) groups excluding carboxylic acids is 1. The maximum Gasteiger partial charge on any atom is 0.268 e. The summed E-state index contributed by atoms with van der Waals surface area (Å²) in [5.41, 5.74) is 1.66. The summed E-state index contributed by atoms with van der Waals surface area (Å²) in [5.74, 6) is 0.310. The van der Waals surface area contributed by atoms with Crippen molar-refractivity contribution in [1.82, 2.24) is 0 Å². The number of rotatable bonds is 11. The first kappa shape index (κ1) is 28.1. The van der Waals surface area contributed by atoms with Crippen LogP contribution in [-0.4, -0.2) is 34.6 Å². The highest BCUT2D eigenvalue weighted by molar-refractivity contribution is 7.99. The van der Waals surface area contributed by atoms with Crippen molar-refractivity contribution in [3.8, 4) is 11.5 Å². The molecule has 0 atom stereocenters. The number of nitrogens with one attached hydrogen (secondary N) is 1. The van der Waals surface area contributed by atoms with Crippen LogP contribution in [-0.2, 0) is 14.8 Å². The lowest BCUT2D eigenvalue weighted by Gasteiger charge is -2.25. The standard InChI is InChI=1S/C30H30N2O5S2/c1-4-37-24-17-15-23(16-18-24)32(39(34,35)29-20-22(2)14-19-27(29)36-3)21-30(33)31-26-12-8-9-13-28(26)38-25-10-6-5-7-11-25/h5-20H,4,21H2,1-3H3,(H,31,33). The number of sulfonamides is 1. The Kier molecular flexibility index (Phi) is 9.16. The van der Waals surface area contributed by atoms with Crippen LogP contribution < -0.4 is 19.1 Å². The smallest absolute Gasteiger partial charge is 0.268 e. The van der Waals surface area contributed by atoms with Crippen LogP contribution in [0.5, 0.6) is 11.5 Å². The van der Waals surface area contributed by atoms with Gasteiger partial charge < -0.3 is 14.8 Å². The van der Waals surface area contributed by atoms with Gasteiger partial charge >= 0.3 is 0 Å². The normalized spacial score (nSPS) is 11.1. The van der Waals surface area contributed by atoms with Gasteiger partial charge in [0.15, 0.2) is 0 Å². The molecule has 0 radical (unpaired) electrons. The number of amides is 1. The molecular weight excluding hydrogens is 532 g/mol. The van der Waals surface area contributed by atoms with E-state index in [1.807, 2.05) is 55.5 Å². The number of methoxy groups -OCH3 is 1. The lowest BCUT2D eigenvalue weighted by molar-refractivity contribution is -0.114. The fourth-order valence-corrected chi connectivity index (χ4v) is 6.48. The Hall–Kier alpha value is -3.95. The largest absolute Gasteiger partial charge is 0.495 e. The highest BCUT2D eigenvalue weighted by Gasteiger charge is 2.30. The van der Waals surface area contributed by atoms with Crippen LogP contribution in [0.2, 0.25) is 0 Å². The van der Waals surface area contributed by atoms with E-state index in [9.17, 15) is 13.2 Å². The molecule has 1 amide bonds. The van der Waals surface area contributed by atoms with Gasteiger partial charge in [0.1, 0.15) is 22.9 Å². The maximum atomic E-state index is 14.0. The molecule has 7 nitrogen and oxygen atoms in total. The summed E-state index contributed by atoms with van der Waals surface area (Å²) in [6.07, 6.45) is 0. The Morgan fingerprint density at radius 3 is 2.31 bits per heavy atom. The van der Waals surface area contributed by atoms with E-state index in [4.69, 9.17) is 9.47 Å². The molecule has 4 aromatic rings. The Bertz CT molecular complexity index is 1520. The topological polar surface area (TPSA) is 84.9 Å². The van der Waals surface area contributed by atoms with E-state index < -0.39 is 22.5 Å². The van der Waals surface area contributed by atoms with E-state index in [2.05, 4.69) is 5.32 Å². The van der Waals surface area contributed by atoms with Gasteiger partial charge in [-0.25, -0.2) is 8.42 Å². The lowest BCUT2D eigenvalue weighted by Crippen LogP contribution is -2.38. The fourth-order valence-electron chi connectivity index (χ4n) is 3.89. The highest BCUT2D eigenvalue weighted by Crippen LogP contribution is 2.34. The Morgan fingerprint density at radius 1 is 0.923 bits per heavy atom. The van der Waals surface area contributed by atoms with E-state index in [1.54, 1.807) is 55.5 Å². The van der Waals surface area contributed by atoms with Gasteiger partial charge in [-0.1, -0.05) is 48.2 Å². The zero-order chi connectivity index (χ0) is 27.8. The van der Waals surface area contributed by atoms with Crippen LogP contribution in [0.15, 0.2) is 112 Å². The number of benzene rings is 4. The number of hydrogen-bond acceptors (Lipinski definition) is 6. The Balaban J connectivity index is 1.67. The van der Waals surface area contributed by atoms with Crippen molar-refractivity contribution < 1.29 is 22.7 Å². The molecule has 0 aromatic heterocycles. The van der Waals surface area contributed by atoms with Gasteiger partial charge in [0.25, 0.3) is 10.0 Å². The van der Waals surface area contributed by atoms with Crippen molar-refractivity contribution in [3.05, 3.63) is 103 Å². The van der Waals surface area contributed by atoms with Crippen molar-refractivity contribution in [2.24, 2.45) is 0 Å². The molecule has 4 aromatic carbocycles. The Labute approximate surface area is 233 Å². The van der Waals surface area contributed by atoms with Gasteiger partial charge in [-0.15, -0.1) is 0 Å². The molecule has 0 spiro atoms. The quantitative estimate of drug-likeness (QED) is 0.228. The van der Waals surface area contributed by atoms with Gasteiger partial charge in [0.05, 0.1) is 25.1 Å². The summed E-state index contributed by atoms with van der Waals surface area (Å²) in [7, 11) is -2.77. The van der Waals surface area contributed by atoms with Crippen LogP contribution in [0.1, 0.15) is 12.5 Å². The first-order valence-corrected chi connectivity index (χ1v) is 14.6. The van der Waals surface area contributed by atoms with Crippen molar-refractivity contribution in [1.29, 1.82) is 0 Å². The van der Waals surface area contributed by atoms with Gasteiger partial charge in [-0.3, -0.25) is 9.10 Å². The molecule has 0 saturated carbocycles. The van der Waals surface area contributed by atoms with Crippen LogP contribution in [0.25, 0.3) is 0 Å². The van der Waals surface area contributed by atoms with E-state index in [0.717, 1.165) is 19.7 Å². The van der Waals surface area contributed by atoms with Gasteiger partial charge in [-0.05, 0) is 80.1 Å². The van der Waals surface area contributed by atoms with Gasteiger partial charge in [-0.2, -0.15) is 0 Å². The second kappa shape index (κ2) is 12.7. The summed E-state index contributed by atoms with van der Waals surface area (Å²) in [6, 6.07) is 28.7. The molecule has 0 aliphatic carbocycles. The maximum absolute atomic E-state index is 14.0. The number of para-hydroxylation sites is 1. The minimum atomic E-state index is -4.19. The minimum Gasteiger partial charge on any atom is -0.495 e. The lowest BCUT2D eigenvalue weighted by atomic mass is 10.2. The highest BCUT2D eigenvalue weighted by atomic mass is 32.2. The van der Waals surface area contributed by atoms with Crippen LogP contribution in [0.3, 0.4) is 0 Å². The molecule has 0 bridgehead atoms. The van der Waals surface area contributed by atoms with E-state index in [-0.39, 0.29) is 10.6 Å². The number of ether oxygens (including phenoxy) is 2. The predicted molar refractivity (Wildman–Crippen MR) is 156 cm³/mol. The van der Waals surface area contributed by atoms with Crippen LogP contribution >= 0.6 is 11.8 Å². The molecule has 0 aliphatic rings. The SMILES string of the molecule is CCOc1ccc(N(CC(=O)Nc2ccccc2Sc2ccccc2)S(=O)(=O)c2cc(C)ccc2OC)cc1. The summed E-state index contributed by atoms with van der Waals surface area (Å²) < 4.78 is 40.0. The van der Waals surface area contributed by atoms with Crippen LogP contribution in [0, 0.1) is 6.92 Å². The third kappa shape index (κ3) is 6.93. The fraction of sp³-hybridized carbons (Fsp3) is 0.167. The second-order valence-electron chi connectivity index (χ2n) is 8.55. The van der Waals surface area contributed by atoms with Gasteiger partial charge in [0.2, 0.25) is 5.91 Å². The molecule has 0 fully saturated rings. The predicted octanol–water partition coefficient (Wildman–Crippen LogP) is 6.39. The number of aryl methyl sites for hydroxylation is 1.